The lowest BCUT2D eigenvalue weighted by atomic mass is 9.98. The highest BCUT2D eigenvalue weighted by Gasteiger charge is 2.06. The van der Waals surface area contributed by atoms with Crippen molar-refractivity contribution in [2.45, 2.75) is 19.8 Å². The van der Waals surface area contributed by atoms with Gasteiger partial charge >= 0.3 is 0 Å². The summed E-state index contributed by atoms with van der Waals surface area (Å²) in [7, 11) is 0. The van der Waals surface area contributed by atoms with Crippen molar-refractivity contribution < 1.29 is 4.79 Å². The van der Waals surface area contributed by atoms with Gasteiger partial charge < -0.3 is 10.7 Å². The molecule has 0 heterocycles. The van der Waals surface area contributed by atoms with Gasteiger partial charge in [0.2, 0.25) is 0 Å². The molecule has 5 heteroatoms. The second-order valence-corrected chi connectivity index (χ2v) is 5.84. The minimum atomic E-state index is -0.151. The molecule has 0 aliphatic heterocycles. The van der Waals surface area contributed by atoms with E-state index in [-0.39, 0.29) is 18.3 Å². The highest BCUT2D eigenvalue weighted by Crippen LogP contribution is 2.16. The highest BCUT2D eigenvalue weighted by atomic mass is 35.5. The minimum absolute atomic E-state index is 0. The fourth-order valence-electron chi connectivity index (χ4n) is 2.22. The lowest BCUT2D eigenvalue weighted by Crippen LogP contribution is -2.11. The zero-order valence-corrected chi connectivity index (χ0v) is 14.5. The first-order valence-corrected chi connectivity index (χ1v) is 7.61. The number of carbonyl (C=O) groups is 1. The van der Waals surface area contributed by atoms with Crippen LogP contribution in [-0.2, 0) is 6.42 Å². The number of hydrogen-bond acceptors (Lipinski definition) is 2. The van der Waals surface area contributed by atoms with E-state index in [4.69, 9.17) is 17.0 Å². The summed E-state index contributed by atoms with van der Waals surface area (Å²) in [6.45, 7) is 2.13. The summed E-state index contributed by atoms with van der Waals surface area (Å²) in [5, 5.41) is 10.6. The van der Waals surface area contributed by atoms with E-state index in [9.17, 15) is 4.79 Å². The van der Waals surface area contributed by atoms with Crippen molar-refractivity contribution in [3.63, 3.8) is 0 Å². The molecule has 0 bridgehead atoms. The van der Waals surface area contributed by atoms with Gasteiger partial charge in [0.05, 0.1) is 0 Å². The summed E-state index contributed by atoms with van der Waals surface area (Å²) in [6, 6.07) is 14.6. The number of rotatable bonds is 6. The number of carbonyl (C=O) groups excluding carboxylic acids is 1. The van der Waals surface area contributed by atoms with Gasteiger partial charge in [-0.2, -0.15) is 0 Å². The van der Waals surface area contributed by atoms with Gasteiger partial charge in [0.25, 0.3) is 5.91 Å². The van der Waals surface area contributed by atoms with E-state index < -0.39 is 0 Å². The Morgan fingerprint density at radius 1 is 1.17 bits per heavy atom. The zero-order chi connectivity index (χ0) is 15.9. The van der Waals surface area contributed by atoms with E-state index in [1.807, 2.05) is 24.3 Å². The van der Waals surface area contributed by atoms with E-state index in [0.717, 1.165) is 18.5 Å². The first-order chi connectivity index (χ1) is 10.6. The summed E-state index contributed by atoms with van der Waals surface area (Å²) in [5.41, 5.74) is 2.55. The molecule has 2 aromatic rings. The van der Waals surface area contributed by atoms with Gasteiger partial charge in [0.15, 0.2) is 0 Å². The fraction of sp³-hybridized carbons (Fsp3) is 0.222. The number of nitrogens with one attached hydrogen (secondary N) is 2. The minimum Gasteiger partial charge on any atom is -0.322 e. The molecule has 122 valence electrons. The Labute approximate surface area is 148 Å². The van der Waals surface area contributed by atoms with Crippen LogP contribution in [-0.4, -0.2) is 12.1 Å². The van der Waals surface area contributed by atoms with Gasteiger partial charge in [-0.05, 0) is 66.9 Å². The Bertz CT molecular complexity index is 639. The van der Waals surface area contributed by atoms with Crippen LogP contribution in [0, 0.1) is 11.3 Å². The number of amides is 1. The van der Waals surface area contributed by atoms with E-state index in [2.05, 4.69) is 12.2 Å². The summed E-state index contributed by atoms with van der Waals surface area (Å²) in [6.07, 6.45) is 3.17. The van der Waals surface area contributed by atoms with Crippen LogP contribution in [0.5, 0.6) is 0 Å². The topological polar surface area (TPSA) is 53.0 Å². The molecular weight excluding hydrogens is 331 g/mol. The molecule has 2 N–H and O–H groups in total. The van der Waals surface area contributed by atoms with Crippen LogP contribution >= 0.6 is 24.0 Å². The Hall–Kier alpha value is -1.84. The molecule has 1 atom stereocenters. The lowest BCUT2D eigenvalue weighted by molar-refractivity contribution is 0.102. The largest absolute Gasteiger partial charge is 0.322 e. The van der Waals surface area contributed by atoms with Gasteiger partial charge in [-0.25, -0.2) is 0 Å². The van der Waals surface area contributed by atoms with Crippen molar-refractivity contribution in [2.24, 2.45) is 5.92 Å². The maximum absolute atomic E-state index is 12.1. The zero-order valence-electron chi connectivity index (χ0n) is 12.9. The molecule has 0 radical (unpaired) electrons. The third-order valence-corrected chi connectivity index (χ3v) is 3.67. The number of anilines is 1. The maximum atomic E-state index is 12.1. The predicted octanol–water partition coefficient (Wildman–Crippen LogP) is 5.23. The molecule has 1 unspecified atom stereocenters. The molecule has 0 aromatic heterocycles. The first kappa shape index (κ1) is 19.2. The van der Waals surface area contributed by atoms with Gasteiger partial charge in [0.1, 0.15) is 0 Å². The third-order valence-electron chi connectivity index (χ3n) is 3.42. The molecule has 1 amide bonds. The van der Waals surface area contributed by atoms with Crippen molar-refractivity contribution >= 4 is 41.8 Å². The average molecular weight is 351 g/mol. The van der Waals surface area contributed by atoms with Crippen molar-refractivity contribution in [1.82, 2.24) is 0 Å². The van der Waals surface area contributed by atoms with Crippen molar-refractivity contribution in [3.05, 3.63) is 64.7 Å². The Morgan fingerprint density at radius 3 is 2.35 bits per heavy atom. The Balaban J connectivity index is 0.00000264. The van der Waals surface area contributed by atoms with E-state index in [1.54, 1.807) is 24.3 Å². The van der Waals surface area contributed by atoms with Crippen LogP contribution in [0.25, 0.3) is 0 Å². The normalized spacial score (nSPS) is 11.2. The van der Waals surface area contributed by atoms with Gasteiger partial charge in [-0.15, -0.1) is 12.4 Å². The summed E-state index contributed by atoms with van der Waals surface area (Å²) in [4.78, 5) is 12.1. The number of halogens is 2. The quantitative estimate of drug-likeness (QED) is 0.688. The molecule has 2 rings (SSSR count). The number of benzene rings is 2. The van der Waals surface area contributed by atoms with Crippen LogP contribution < -0.4 is 5.32 Å². The van der Waals surface area contributed by atoms with E-state index in [0.29, 0.717) is 16.5 Å². The number of hydrogen-bond donors (Lipinski definition) is 2. The average Bonchev–Trinajstić information content (AvgIpc) is 2.50. The molecular formula is C18H20Cl2N2O. The fourth-order valence-corrected chi connectivity index (χ4v) is 2.34. The van der Waals surface area contributed by atoms with Gasteiger partial charge in [-0.1, -0.05) is 30.7 Å². The van der Waals surface area contributed by atoms with Crippen LogP contribution in [0.4, 0.5) is 5.69 Å². The third kappa shape index (κ3) is 6.05. The van der Waals surface area contributed by atoms with Crippen LogP contribution in [0.15, 0.2) is 48.5 Å². The second kappa shape index (κ2) is 9.33. The molecule has 0 saturated heterocycles. The molecule has 0 fully saturated rings. The molecule has 0 saturated carbocycles. The molecule has 0 spiro atoms. The lowest BCUT2D eigenvalue weighted by Gasteiger charge is -2.10. The predicted molar refractivity (Wildman–Crippen MR) is 99.4 cm³/mol. The van der Waals surface area contributed by atoms with Crippen molar-refractivity contribution in [2.75, 3.05) is 5.32 Å². The van der Waals surface area contributed by atoms with E-state index >= 15 is 0 Å². The van der Waals surface area contributed by atoms with Crippen LogP contribution in [0.2, 0.25) is 5.02 Å². The van der Waals surface area contributed by atoms with Gasteiger partial charge in [0, 0.05) is 16.3 Å². The highest BCUT2D eigenvalue weighted by molar-refractivity contribution is 6.30. The molecule has 2 aromatic carbocycles. The van der Waals surface area contributed by atoms with Crippen LogP contribution in [0.3, 0.4) is 0 Å². The van der Waals surface area contributed by atoms with Crippen molar-refractivity contribution in [1.29, 1.82) is 5.41 Å². The van der Waals surface area contributed by atoms with Crippen LogP contribution in [0.1, 0.15) is 29.3 Å². The standard InChI is InChI=1S/C18H19ClN2O.ClH/c1-13(10-11-20)12-14-2-8-17(9-3-14)21-18(22)15-4-6-16(19)7-5-15;/h2-9,11,13,20H,10,12H2,1H3,(H,21,22);1H. The first-order valence-electron chi connectivity index (χ1n) is 7.23. The monoisotopic (exact) mass is 350 g/mol. The van der Waals surface area contributed by atoms with E-state index in [1.165, 1.54) is 11.8 Å². The molecule has 0 aliphatic rings. The SMILES string of the molecule is CC(CC=N)Cc1ccc(NC(=O)c2ccc(Cl)cc2)cc1.Cl. The molecule has 0 aliphatic carbocycles. The van der Waals surface area contributed by atoms with Gasteiger partial charge in [-0.3, -0.25) is 4.79 Å². The second-order valence-electron chi connectivity index (χ2n) is 5.41. The maximum Gasteiger partial charge on any atom is 0.255 e. The van der Waals surface area contributed by atoms with Crippen molar-refractivity contribution in [3.8, 4) is 0 Å². The molecule has 3 nitrogen and oxygen atoms in total. The molecule has 23 heavy (non-hydrogen) atoms. The Kier molecular flexibility index (Phi) is 7.79. The summed E-state index contributed by atoms with van der Waals surface area (Å²) in [5.74, 6) is 0.300. The Morgan fingerprint density at radius 2 is 1.78 bits per heavy atom. The summed E-state index contributed by atoms with van der Waals surface area (Å²) < 4.78 is 0. The smallest absolute Gasteiger partial charge is 0.255 e. The summed E-state index contributed by atoms with van der Waals surface area (Å²) >= 11 is 5.81.